The van der Waals surface area contributed by atoms with Crippen LogP contribution in [-0.2, 0) is 6.54 Å². The van der Waals surface area contributed by atoms with Gasteiger partial charge in [-0.25, -0.2) is 9.97 Å². The van der Waals surface area contributed by atoms with Gasteiger partial charge in [0.15, 0.2) is 0 Å². The molecule has 0 aliphatic heterocycles. The van der Waals surface area contributed by atoms with Crippen LogP contribution in [0, 0.1) is 5.41 Å². The average molecular weight is 479 g/mol. The van der Waals surface area contributed by atoms with Crippen LogP contribution in [0.5, 0.6) is 0 Å². The predicted molar refractivity (Wildman–Crippen MR) is 141 cm³/mol. The summed E-state index contributed by atoms with van der Waals surface area (Å²) in [5.74, 6) is 0.508. The van der Waals surface area contributed by atoms with Crippen LogP contribution in [0.2, 0.25) is 0 Å². The van der Waals surface area contributed by atoms with Crippen LogP contribution in [0.4, 0.5) is 11.6 Å². The number of aliphatic hydroxyl groups is 1. The molecule has 8 heteroatoms. The summed E-state index contributed by atoms with van der Waals surface area (Å²) in [4.78, 5) is 21.2. The highest BCUT2D eigenvalue weighted by atomic mass is 16.3. The normalized spacial score (nSPS) is 16.7. The van der Waals surface area contributed by atoms with E-state index in [1.807, 2.05) is 72.8 Å². The average Bonchev–Trinajstić information content (AvgIpc) is 3.31. The summed E-state index contributed by atoms with van der Waals surface area (Å²) in [7, 11) is 0. The van der Waals surface area contributed by atoms with Crippen LogP contribution in [0.25, 0.3) is 10.8 Å². The molecule has 5 rings (SSSR count). The molecule has 0 bridgehead atoms. The first-order valence-electron chi connectivity index (χ1n) is 11.7. The number of nitrogen functional groups attached to an aromatic ring is 1. The number of aliphatic hydroxyl groups excluding tert-OH is 1. The molecule has 2 atom stereocenters. The molecule has 3 aromatic carbocycles. The van der Waals surface area contributed by atoms with E-state index in [0.717, 1.165) is 16.3 Å². The molecule has 0 radical (unpaired) electrons. The van der Waals surface area contributed by atoms with Crippen molar-refractivity contribution in [3.63, 3.8) is 0 Å². The van der Waals surface area contributed by atoms with E-state index >= 15 is 0 Å². The standard InChI is InChI=1S/C28H26N6O2/c29-25(24-26(30)32-16-33-27(24)34-20-12-13-21(35)14-20)19-10-8-17(9-11-19)15-31-28(36)23-7-3-5-18-4-1-2-6-22(18)23/h1-13,16,20-21,29,35H,14-15H2,(H,31,36)(H3,30,32,33,34). The predicted octanol–water partition coefficient (Wildman–Crippen LogP) is 3.66. The summed E-state index contributed by atoms with van der Waals surface area (Å²) in [5.41, 5.74) is 8.89. The molecule has 6 N–H and O–H groups in total. The van der Waals surface area contributed by atoms with Crippen molar-refractivity contribution < 1.29 is 9.90 Å². The minimum absolute atomic E-state index is 0.103. The van der Waals surface area contributed by atoms with E-state index in [9.17, 15) is 9.90 Å². The third kappa shape index (κ3) is 4.80. The second-order valence-electron chi connectivity index (χ2n) is 8.70. The van der Waals surface area contributed by atoms with Gasteiger partial charge in [-0.1, -0.05) is 72.8 Å². The fraction of sp³-hybridized carbons (Fsp3) is 0.143. The van der Waals surface area contributed by atoms with Gasteiger partial charge in [0.2, 0.25) is 0 Å². The van der Waals surface area contributed by atoms with Crippen molar-refractivity contribution in [1.29, 1.82) is 5.41 Å². The highest BCUT2D eigenvalue weighted by molar-refractivity contribution is 6.16. The number of anilines is 2. The van der Waals surface area contributed by atoms with Gasteiger partial charge >= 0.3 is 0 Å². The Hall–Kier alpha value is -4.56. The maximum atomic E-state index is 12.8. The van der Waals surface area contributed by atoms with Crippen LogP contribution in [0.15, 0.2) is 85.2 Å². The highest BCUT2D eigenvalue weighted by Gasteiger charge is 2.21. The number of carbonyl (C=O) groups excluding carboxylic acids is 1. The molecule has 0 spiro atoms. The van der Waals surface area contributed by atoms with Crippen LogP contribution in [0.3, 0.4) is 0 Å². The minimum Gasteiger partial charge on any atom is -0.389 e. The van der Waals surface area contributed by atoms with E-state index in [1.165, 1.54) is 6.33 Å². The summed E-state index contributed by atoms with van der Waals surface area (Å²) < 4.78 is 0. The summed E-state index contributed by atoms with van der Waals surface area (Å²) in [6.45, 7) is 0.357. The maximum Gasteiger partial charge on any atom is 0.252 e. The van der Waals surface area contributed by atoms with E-state index in [0.29, 0.717) is 35.5 Å². The fourth-order valence-corrected chi connectivity index (χ4v) is 4.35. The Balaban J connectivity index is 1.29. The number of rotatable bonds is 7. The Morgan fingerprint density at radius 1 is 1.03 bits per heavy atom. The van der Waals surface area contributed by atoms with Gasteiger partial charge in [-0.05, 0) is 22.4 Å². The largest absolute Gasteiger partial charge is 0.389 e. The molecule has 0 saturated heterocycles. The molecule has 1 aliphatic carbocycles. The molecule has 0 saturated carbocycles. The number of hydrogen-bond donors (Lipinski definition) is 5. The Bertz CT molecular complexity index is 1460. The minimum atomic E-state index is -0.502. The van der Waals surface area contributed by atoms with Crippen molar-refractivity contribution in [3.05, 3.63) is 107 Å². The Kier molecular flexibility index (Phi) is 6.42. The zero-order valence-electron chi connectivity index (χ0n) is 19.5. The fourth-order valence-electron chi connectivity index (χ4n) is 4.35. The maximum absolute atomic E-state index is 12.8. The van der Waals surface area contributed by atoms with Crippen molar-refractivity contribution in [2.75, 3.05) is 11.1 Å². The van der Waals surface area contributed by atoms with Gasteiger partial charge in [-0.15, -0.1) is 0 Å². The SMILES string of the molecule is N=C(c1ccc(CNC(=O)c2cccc3ccccc23)cc1)c1c(N)ncnc1NC1C=CC(O)C1. The summed E-state index contributed by atoms with van der Waals surface area (Å²) in [6, 6.07) is 20.8. The Labute approximate surface area is 208 Å². The molecule has 36 heavy (non-hydrogen) atoms. The highest BCUT2D eigenvalue weighted by Crippen LogP contribution is 2.25. The van der Waals surface area contributed by atoms with Crippen molar-refractivity contribution >= 4 is 34.0 Å². The van der Waals surface area contributed by atoms with Crippen LogP contribution in [0.1, 0.15) is 33.5 Å². The van der Waals surface area contributed by atoms with E-state index in [2.05, 4.69) is 20.6 Å². The Morgan fingerprint density at radius 2 is 1.81 bits per heavy atom. The third-order valence-corrected chi connectivity index (χ3v) is 6.24. The molecule has 1 amide bonds. The monoisotopic (exact) mass is 478 g/mol. The molecule has 8 nitrogen and oxygen atoms in total. The van der Waals surface area contributed by atoms with Gasteiger partial charge in [0.25, 0.3) is 5.91 Å². The van der Waals surface area contributed by atoms with Crippen molar-refractivity contribution in [2.45, 2.75) is 25.1 Å². The van der Waals surface area contributed by atoms with E-state index in [1.54, 1.807) is 6.08 Å². The number of benzene rings is 3. The molecule has 4 aromatic rings. The molecule has 1 aromatic heterocycles. The number of nitrogens with one attached hydrogen (secondary N) is 3. The van der Waals surface area contributed by atoms with E-state index < -0.39 is 6.10 Å². The van der Waals surface area contributed by atoms with Gasteiger partial charge in [-0.3, -0.25) is 10.2 Å². The van der Waals surface area contributed by atoms with Crippen molar-refractivity contribution in [2.24, 2.45) is 0 Å². The summed E-state index contributed by atoms with van der Waals surface area (Å²) in [5, 5.41) is 26.7. The lowest BCUT2D eigenvalue weighted by Gasteiger charge is -2.17. The third-order valence-electron chi connectivity index (χ3n) is 6.24. The van der Waals surface area contributed by atoms with Crippen molar-refractivity contribution in [3.8, 4) is 0 Å². The lowest BCUT2D eigenvalue weighted by Crippen LogP contribution is -2.23. The van der Waals surface area contributed by atoms with Crippen LogP contribution >= 0.6 is 0 Å². The second-order valence-corrected chi connectivity index (χ2v) is 8.70. The number of nitrogens with zero attached hydrogens (tertiary/aromatic N) is 2. The van der Waals surface area contributed by atoms with Crippen LogP contribution < -0.4 is 16.4 Å². The molecule has 2 unspecified atom stereocenters. The van der Waals surface area contributed by atoms with Crippen molar-refractivity contribution in [1.82, 2.24) is 15.3 Å². The molecule has 1 heterocycles. The van der Waals surface area contributed by atoms with Gasteiger partial charge < -0.3 is 21.5 Å². The number of amides is 1. The lowest BCUT2D eigenvalue weighted by atomic mass is 10.0. The zero-order chi connectivity index (χ0) is 25.1. The molecular weight excluding hydrogens is 452 g/mol. The topological polar surface area (TPSA) is 137 Å². The van der Waals surface area contributed by atoms with Gasteiger partial charge in [0, 0.05) is 30.1 Å². The number of carbonyl (C=O) groups is 1. The first-order valence-corrected chi connectivity index (χ1v) is 11.7. The number of aromatic nitrogens is 2. The first kappa shape index (κ1) is 23.2. The van der Waals surface area contributed by atoms with Gasteiger partial charge in [0.05, 0.1) is 17.4 Å². The zero-order valence-corrected chi connectivity index (χ0v) is 19.5. The summed E-state index contributed by atoms with van der Waals surface area (Å²) in [6.07, 6.45) is 4.97. The molecular formula is C28H26N6O2. The van der Waals surface area contributed by atoms with E-state index in [-0.39, 0.29) is 23.5 Å². The number of fused-ring (bicyclic) bond motifs is 1. The van der Waals surface area contributed by atoms with Gasteiger partial charge in [-0.2, -0.15) is 0 Å². The lowest BCUT2D eigenvalue weighted by molar-refractivity contribution is 0.0952. The van der Waals surface area contributed by atoms with Crippen LogP contribution in [-0.4, -0.2) is 38.8 Å². The Morgan fingerprint density at radius 3 is 2.58 bits per heavy atom. The first-order chi connectivity index (χ1) is 17.5. The molecule has 180 valence electrons. The van der Waals surface area contributed by atoms with Gasteiger partial charge in [0.1, 0.15) is 18.0 Å². The smallest absolute Gasteiger partial charge is 0.252 e. The quantitative estimate of drug-likeness (QED) is 0.203. The molecule has 1 aliphatic rings. The number of hydrogen-bond acceptors (Lipinski definition) is 7. The van der Waals surface area contributed by atoms with E-state index in [4.69, 9.17) is 11.1 Å². The number of nitrogens with two attached hydrogens (primary N) is 1. The second kappa shape index (κ2) is 9.97. The summed E-state index contributed by atoms with van der Waals surface area (Å²) >= 11 is 0. The molecule has 0 fully saturated rings.